The van der Waals surface area contributed by atoms with E-state index in [0.29, 0.717) is 16.1 Å². The topological polar surface area (TPSA) is 66.4 Å². The van der Waals surface area contributed by atoms with Gasteiger partial charge in [0, 0.05) is 10.2 Å². The molecule has 19 heavy (non-hydrogen) atoms. The lowest BCUT2D eigenvalue weighted by molar-refractivity contribution is 0.0696. The zero-order valence-electron chi connectivity index (χ0n) is 9.94. The van der Waals surface area contributed by atoms with Crippen molar-refractivity contribution in [1.82, 2.24) is 0 Å². The molecule has 1 aromatic heterocycles. The van der Waals surface area contributed by atoms with Crippen LogP contribution in [0.2, 0.25) is 0 Å². The summed E-state index contributed by atoms with van der Waals surface area (Å²) in [5, 5.41) is 13.5. The fourth-order valence-electron chi connectivity index (χ4n) is 1.63. The Kier molecular flexibility index (Phi) is 4.01. The second-order valence-electron chi connectivity index (χ2n) is 3.89. The third-order valence-corrected chi connectivity index (χ3v) is 4.37. The summed E-state index contributed by atoms with van der Waals surface area (Å²) >= 11 is 4.63. The van der Waals surface area contributed by atoms with Gasteiger partial charge in [-0.2, -0.15) is 0 Å². The lowest BCUT2D eigenvalue weighted by Crippen LogP contribution is -2.11. The highest BCUT2D eigenvalue weighted by atomic mass is 79.9. The van der Waals surface area contributed by atoms with Crippen LogP contribution in [0.5, 0.6) is 0 Å². The number of halogens is 1. The minimum Gasteiger partial charge on any atom is -0.478 e. The number of hydrogen-bond acceptors (Lipinski definition) is 3. The smallest absolute Gasteiger partial charge is 0.335 e. The van der Waals surface area contributed by atoms with Gasteiger partial charge in [0.05, 0.1) is 5.56 Å². The molecule has 0 bridgehead atoms. The molecule has 4 nitrogen and oxygen atoms in total. The molecule has 1 heterocycles. The predicted molar refractivity (Wildman–Crippen MR) is 78.1 cm³/mol. The van der Waals surface area contributed by atoms with E-state index < -0.39 is 5.97 Å². The van der Waals surface area contributed by atoms with E-state index in [9.17, 15) is 9.59 Å². The molecule has 0 aliphatic heterocycles. The van der Waals surface area contributed by atoms with Crippen LogP contribution >= 0.6 is 27.3 Å². The third-order valence-electron chi connectivity index (χ3n) is 2.54. The number of hydrogen-bond donors (Lipinski definition) is 2. The molecular weight excluding hydrogens is 330 g/mol. The first-order valence-corrected chi connectivity index (χ1v) is 7.04. The molecule has 2 rings (SSSR count). The SMILES string of the molecule is Cc1cc(NC(=O)c2sccc2Br)ccc1C(=O)O. The molecule has 0 fully saturated rings. The number of carboxylic acid groups (broad SMARTS) is 1. The molecule has 0 unspecified atom stereocenters. The normalized spacial score (nSPS) is 10.2. The third kappa shape index (κ3) is 3.02. The number of carbonyl (C=O) groups excluding carboxylic acids is 1. The molecular formula is C13H10BrNO3S. The maximum atomic E-state index is 12.0. The number of carboxylic acids is 1. The van der Waals surface area contributed by atoms with Gasteiger partial charge in [-0.15, -0.1) is 11.3 Å². The summed E-state index contributed by atoms with van der Waals surface area (Å²) in [4.78, 5) is 23.5. The molecule has 2 aromatic rings. The molecule has 1 amide bonds. The minimum atomic E-state index is -0.976. The molecule has 0 aliphatic rings. The largest absolute Gasteiger partial charge is 0.478 e. The Labute approximate surface area is 122 Å². The quantitative estimate of drug-likeness (QED) is 0.894. The van der Waals surface area contributed by atoms with Crippen molar-refractivity contribution in [3.8, 4) is 0 Å². The van der Waals surface area contributed by atoms with Crippen molar-refractivity contribution in [1.29, 1.82) is 0 Å². The van der Waals surface area contributed by atoms with E-state index in [4.69, 9.17) is 5.11 Å². The summed E-state index contributed by atoms with van der Waals surface area (Å²) in [6.45, 7) is 1.69. The predicted octanol–water partition coefficient (Wildman–Crippen LogP) is 3.77. The Hall–Kier alpha value is -1.66. The van der Waals surface area contributed by atoms with E-state index >= 15 is 0 Å². The molecule has 98 valence electrons. The number of rotatable bonds is 3. The fraction of sp³-hybridized carbons (Fsp3) is 0.0769. The lowest BCUT2D eigenvalue weighted by atomic mass is 10.1. The second kappa shape index (κ2) is 5.54. The van der Waals surface area contributed by atoms with Crippen LogP contribution < -0.4 is 5.32 Å². The maximum Gasteiger partial charge on any atom is 0.335 e. The first-order chi connectivity index (χ1) is 8.99. The zero-order chi connectivity index (χ0) is 14.0. The van der Waals surface area contributed by atoms with Crippen LogP contribution in [-0.4, -0.2) is 17.0 Å². The average molecular weight is 340 g/mol. The van der Waals surface area contributed by atoms with Crippen LogP contribution in [0.3, 0.4) is 0 Å². The van der Waals surface area contributed by atoms with E-state index in [2.05, 4.69) is 21.2 Å². The Bertz CT molecular complexity index is 651. The molecule has 0 saturated carbocycles. The van der Waals surface area contributed by atoms with Gasteiger partial charge in [-0.3, -0.25) is 4.79 Å². The van der Waals surface area contributed by atoms with Crippen molar-refractivity contribution < 1.29 is 14.7 Å². The first-order valence-electron chi connectivity index (χ1n) is 5.37. The van der Waals surface area contributed by atoms with Gasteiger partial charge >= 0.3 is 5.97 Å². The highest BCUT2D eigenvalue weighted by Crippen LogP contribution is 2.24. The standard InChI is InChI=1S/C13H10BrNO3S/c1-7-6-8(2-3-9(7)13(17)18)15-12(16)11-10(14)4-5-19-11/h2-6H,1H3,(H,15,16)(H,17,18). The zero-order valence-corrected chi connectivity index (χ0v) is 12.3. The van der Waals surface area contributed by atoms with Crippen LogP contribution in [0, 0.1) is 6.92 Å². The first kappa shape index (κ1) is 13.8. The molecule has 0 atom stereocenters. The highest BCUT2D eigenvalue weighted by Gasteiger charge is 2.13. The number of amides is 1. The number of aromatic carboxylic acids is 1. The van der Waals surface area contributed by atoms with Gasteiger partial charge in [0.1, 0.15) is 4.88 Å². The number of nitrogens with one attached hydrogen (secondary N) is 1. The molecule has 0 spiro atoms. The van der Waals surface area contributed by atoms with Crippen molar-refractivity contribution in [3.63, 3.8) is 0 Å². The van der Waals surface area contributed by atoms with Gasteiger partial charge in [-0.1, -0.05) is 0 Å². The lowest BCUT2D eigenvalue weighted by Gasteiger charge is -2.07. The molecule has 6 heteroatoms. The van der Waals surface area contributed by atoms with E-state index in [1.807, 2.05) is 5.38 Å². The van der Waals surface area contributed by atoms with Crippen molar-refractivity contribution in [2.24, 2.45) is 0 Å². The number of benzene rings is 1. The van der Waals surface area contributed by atoms with Crippen LogP contribution in [0.1, 0.15) is 25.6 Å². The van der Waals surface area contributed by atoms with Crippen molar-refractivity contribution >= 4 is 44.8 Å². The Morgan fingerprint density at radius 3 is 2.58 bits per heavy atom. The second-order valence-corrected chi connectivity index (χ2v) is 5.66. The minimum absolute atomic E-state index is 0.218. The van der Waals surface area contributed by atoms with Crippen LogP contribution in [-0.2, 0) is 0 Å². The Morgan fingerprint density at radius 2 is 2.05 bits per heavy atom. The van der Waals surface area contributed by atoms with Crippen molar-refractivity contribution in [3.05, 3.63) is 50.1 Å². The van der Waals surface area contributed by atoms with Crippen molar-refractivity contribution in [2.75, 3.05) is 5.32 Å². The van der Waals surface area contributed by atoms with Gasteiger partial charge < -0.3 is 10.4 Å². The van der Waals surface area contributed by atoms with Crippen LogP contribution in [0.4, 0.5) is 5.69 Å². The summed E-state index contributed by atoms with van der Waals surface area (Å²) in [5.41, 5.74) is 1.42. The molecule has 0 radical (unpaired) electrons. The van der Waals surface area contributed by atoms with Gasteiger partial charge in [-0.25, -0.2) is 4.79 Å². The van der Waals surface area contributed by atoms with Gasteiger partial charge in [0.15, 0.2) is 0 Å². The maximum absolute atomic E-state index is 12.0. The van der Waals surface area contributed by atoms with Crippen LogP contribution in [0.25, 0.3) is 0 Å². The summed E-state index contributed by atoms with van der Waals surface area (Å²) in [5.74, 6) is -1.19. The van der Waals surface area contributed by atoms with E-state index in [1.54, 1.807) is 25.1 Å². The summed E-state index contributed by atoms with van der Waals surface area (Å²) < 4.78 is 0.744. The molecule has 0 saturated heterocycles. The number of carbonyl (C=O) groups is 2. The fourth-order valence-corrected chi connectivity index (χ4v) is 3.07. The number of anilines is 1. The Morgan fingerprint density at radius 1 is 1.32 bits per heavy atom. The van der Waals surface area contributed by atoms with E-state index in [0.717, 1.165) is 4.47 Å². The van der Waals surface area contributed by atoms with Gasteiger partial charge in [-0.05, 0) is 58.1 Å². The molecule has 2 N–H and O–H groups in total. The van der Waals surface area contributed by atoms with Gasteiger partial charge in [0.2, 0.25) is 0 Å². The number of aryl methyl sites for hydroxylation is 1. The summed E-state index contributed by atoms with van der Waals surface area (Å²) in [7, 11) is 0. The van der Waals surface area contributed by atoms with E-state index in [-0.39, 0.29) is 11.5 Å². The van der Waals surface area contributed by atoms with E-state index in [1.165, 1.54) is 17.4 Å². The van der Waals surface area contributed by atoms with Gasteiger partial charge in [0.25, 0.3) is 5.91 Å². The molecule has 1 aromatic carbocycles. The van der Waals surface area contributed by atoms with Crippen molar-refractivity contribution in [2.45, 2.75) is 6.92 Å². The summed E-state index contributed by atoms with van der Waals surface area (Å²) in [6.07, 6.45) is 0. The monoisotopic (exact) mass is 339 g/mol. The Balaban J connectivity index is 2.21. The highest BCUT2D eigenvalue weighted by molar-refractivity contribution is 9.10. The number of thiophene rings is 1. The molecule has 0 aliphatic carbocycles. The summed E-state index contributed by atoms with van der Waals surface area (Å²) in [6, 6.07) is 6.51. The van der Waals surface area contributed by atoms with Crippen LogP contribution in [0.15, 0.2) is 34.1 Å². The average Bonchev–Trinajstić information content (AvgIpc) is 2.75.